The average molecular weight is 209 g/mol. The quantitative estimate of drug-likeness (QED) is 0.585. The molecule has 2 rings (SSSR count). The Hall–Kier alpha value is -2.38. The Morgan fingerprint density at radius 2 is 2.27 bits per heavy atom. The zero-order valence-corrected chi connectivity index (χ0v) is 7.22. The summed E-state index contributed by atoms with van der Waals surface area (Å²) in [5, 5.41) is 23.2. The molecular formula is C7H4FN5O2. The molecule has 0 fully saturated rings. The number of hydrogen-bond donors (Lipinski definition) is 1. The minimum absolute atomic E-state index is 0.179. The molecular weight excluding hydrogens is 205 g/mol. The molecule has 0 bridgehead atoms. The van der Waals surface area contributed by atoms with Crippen molar-refractivity contribution in [1.82, 2.24) is 20.6 Å². The topological polar surface area (TPSA) is 97.6 Å². The molecule has 0 atom stereocenters. The van der Waals surface area contributed by atoms with E-state index in [0.29, 0.717) is 5.56 Å². The summed E-state index contributed by atoms with van der Waals surface area (Å²) in [5.41, 5.74) is -0.283. The summed E-state index contributed by atoms with van der Waals surface area (Å²) in [4.78, 5) is 9.64. The molecule has 1 N–H and O–H groups in total. The van der Waals surface area contributed by atoms with Gasteiger partial charge in [0.1, 0.15) is 0 Å². The van der Waals surface area contributed by atoms with Crippen LogP contribution in [0.15, 0.2) is 18.2 Å². The zero-order chi connectivity index (χ0) is 10.8. The summed E-state index contributed by atoms with van der Waals surface area (Å²) in [6, 6.07) is 3.39. The van der Waals surface area contributed by atoms with Crippen LogP contribution in [0.1, 0.15) is 0 Å². The first kappa shape index (κ1) is 9.19. The van der Waals surface area contributed by atoms with Gasteiger partial charge in [0.15, 0.2) is 0 Å². The molecule has 0 aliphatic carbocycles. The lowest BCUT2D eigenvalue weighted by atomic mass is 10.2. The van der Waals surface area contributed by atoms with Crippen molar-refractivity contribution in [2.45, 2.75) is 0 Å². The Morgan fingerprint density at radius 1 is 1.47 bits per heavy atom. The van der Waals surface area contributed by atoms with E-state index in [-0.39, 0.29) is 5.82 Å². The SMILES string of the molecule is O=[N+]([O-])c1cc(-c2nn[nH]n2)ccc1F. The second kappa shape index (κ2) is 3.40. The second-order valence-electron chi connectivity index (χ2n) is 2.66. The van der Waals surface area contributed by atoms with Gasteiger partial charge < -0.3 is 0 Å². The Kier molecular flexibility index (Phi) is 2.08. The van der Waals surface area contributed by atoms with Crippen molar-refractivity contribution in [3.8, 4) is 11.4 Å². The highest BCUT2D eigenvalue weighted by Crippen LogP contribution is 2.23. The summed E-state index contributed by atoms with van der Waals surface area (Å²) in [6.07, 6.45) is 0. The maximum atomic E-state index is 13.0. The van der Waals surface area contributed by atoms with Gasteiger partial charge in [0.2, 0.25) is 11.6 Å². The van der Waals surface area contributed by atoms with Crippen molar-refractivity contribution >= 4 is 5.69 Å². The summed E-state index contributed by atoms with van der Waals surface area (Å²) in [6.45, 7) is 0. The fourth-order valence-corrected chi connectivity index (χ4v) is 1.08. The number of hydrogen-bond acceptors (Lipinski definition) is 5. The molecule has 0 saturated heterocycles. The van der Waals surface area contributed by atoms with Gasteiger partial charge in [-0.05, 0) is 17.3 Å². The number of nitro groups is 1. The van der Waals surface area contributed by atoms with Gasteiger partial charge in [0.25, 0.3) is 0 Å². The minimum Gasteiger partial charge on any atom is -0.258 e. The van der Waals surface area contributed by atoms with Gasteiger partial charge in [-0.3, -0.25) is 10.1 Å². The van der Waals surface area contributed by atoms with Gasteiger partial charge in [-0.2, -0.15) is 9.60 Å². The third kappa shape index (κ3) is 1.64. The van der Waals surface area contributed by atoms with Crippen LogP contribution in [0.3, 0.4) is 0 Å². The molecule has 8 heteroatoms. The van der Waals surface area contributed by atoms with Crippen LogP contribution in [-0.4, -0.2) is 25.5 Å². The molecule has 1 aromatic carbocycles. The second-order valence-corrected chi connectivity index (χ2v) is 2.66. The van der Waals surface area contributed by atoms with E-state index < -0.39 is 16.4 Å². The van der Waals surface area contributed by atoms with E-state index in [1.54, 1.807) is 0 Å². The van der Waals surface area contributed by atoms with E-state index >= 15 is 0 Å². The monoisotopic (exact) mass is 209 g/mol. The van der Waals surface area contributed by atoms with Crippen molar-refractivity contribution in [2.75, 3.05) is 0 Å². The third-order valence-corrected chi connectivity index (χ3v) is 1.75. The molecule has 0 unspecified atom stereocenters. The standard InChI is InChI=1S/C7H4FN5O2/c8-5-2-1-4(3-6(5)13(14)15)7-9-11-12-10-7/h1-3H,(H,9,10,11,12). The minimum atomic E-state index is -0.896. The van der Waals surface area contributed by atoms with Crippen molar-refractivity contribution in [2.24, 2.45) is 0 Å². The molecule has 0 spiro atoms. The van der Waals surface area contributed by atoms with Crippen LogP contribution in [0.2, 0.25) is 0 Å². The number of rotatable bonds is 2. The summed E-state index contributed by atoms with van der Waals surface area (Å²) in [5.74, 6) is -0.717. The van der Waals surface area contributed by atoms with E-state index in [9.17, 15) is 14.5 Å². The first-order chi connectivity index (χ1) is 7.18. The Balaban J connectivity index is 2.52. The Bertz CT molecular complexity index is 498. The van der Waals surface area contributed by atoms with E-state index in [4.69, 9.17) is 0 Å². The lowest BCUT2D eigenvalue weighted by Gasteiger charge is -1.96. The summed E-state index contributed by atoms with van der Waals surface area (Å²) >= 11 is 0. The van der Waals surface area contributed by atoms with Gasteiger partial charge in [-0.25, -0.2) is 0 Å². The van der Waals surface area contributed by atoms with E-state index in [2.05, 4.69) is 20.6 Å². The molecule has 1 heterocycles. The molecule has 0 saturated carbocycles. The number of H-pyrrole nitrogens is 1. The van der Waals surface area contributed by atoms with Crippen molar-refractivity contribution in [3.05, 3.63) is 34.1 Å². The van der Waals surface area contributed by atoms with Gasteiger partial charge in [0.05, 0.1) is 4.92 Å². The predicted octanol–water partition coefficient (Wildman–Crippen LogP) is 0.914. The van der Waals surface area contributed by atoms with Crippen LogP contribution < -0.4 is 0 Å². The number of nitrogens with zero attached hydrogens (tertiary/aromatic N) is 4. The number of aromatic nitrogens is 4. The molecule has 1 aromatic heterocycles. The molecule has 0 aliphatic rings. The van der Waals surface area contributed by atoms with Crippen LogP contribution in [0.5, 0.6) is 0 Å². The number of nitro benzene ring substituents is 1. The first-order valence-electron chi connectivity index (χ1n) is 3.86. The fraction of sp³-hybridized carbons (Fsp3) is 0. The highest BCUT2D eigenvalue weighted by atomic mass is 19.1. The lowest BCUT2D eigenvalue weighted by Crippen LogP contribution is -1.93. The number of nitrogens with one attached hydrogen (secondary N) is 1. The first-order valence-corrected chi connectivity index (χ1v) is 3.86. The summed E-state index contributed by atoms with van der Waals surface area (Å²) < 4.78 is 13.0. The zero-order valence-electron chi connectivity index (χ0n) is 7.22. The van der Waals surface area contributed by atoms with Gasteiger partial charge in [-0.1, -0.05) is 0 Å². The molecule has 76 valence electrons. The molecule has 7 nitrogen and oxygen atoms in total. The molecule has 0 amide bonds. The molecule has 0 aliphatic heterocycles. The largest absolute Gasteiger partial charge is 0.305 e. The molecule has 2 aromatic rings. The van der Waals surface area contributed by atoms with Crippen molar-refractivity contribution < 1.29 is 9.31 Å². The fourth-order valence-electron chi connectivity index (χ4n) is 1.08. The number of tetrazole rings is 1. The van der Waals surface area contributed by atoms with E-state index in [1.807, 2.05) is 0 Å². The highest BCUT2D eigenvalue weighted by molar-refractivity contribution is 5.58. The van der Waals surface area contributed by atoms with E-state index in [1.165, 1.54) is 6.07 Å². The summed E-state index contributed by atoms with van der Waals surface area (Å²) in [7, 11) is 0. The maximum Gasteiger partial charge on any atom is 0.305 e. The Morgan fingerprint density at radius 3 is 2.87 bits per heavy atom. The molecule has 15 heavy (non-hydrogen) atoms. The third-order valence-electron chi connectivity index (χ3n) is 1.75. The number of aromatic amines is 1. The van der Waals surface area contributed by atoms with Crippen LogP contribution in [0.4, 0.5) is 10.1 Å². The number of benzene rings is 1. The smallest absolute Gasteiger partial charge is 0.258 e. The highest BCUT2D eigenvalue weighted by Gasteiger charge is 2.16. The number of halogens is 1. The van der Waals surface area contributed by atoms with Gasteiger partial charge >= 0.3 is 5.69 Å². The van der Waals surface area contributed by atoms with Crippen LogP contribution in [0.25, 0.3) is 11.4 Å². The van der Waals surface area contributed by atoms with Crippen LogP contribution >= 0.6 is 0 Å². The lowest BCUT2D eigenvalue weighted by molar-refractivity contribution is -0.387. The maximum absolute atomic E-state index is 13.0. The van der Waals surface area contributed by atoms with Crippen LogP contribution in [0, 0.1) is 15.9 Å². The van der Waals surface area contributed by atoms with Gasteiger partial charge in [-0.15, -0.1) is 10.2 Å². The Labute approximate surface area is 82.1 Å². The molecule has 0 radical (unpaired) electrons. The van der Waals surface area contributed by atoms with Gasteiger partial charge in [0, 0.05) is 11.6 Å². The van der Waals surface area contributed by atoms with Crippen LogP contribution in [-0.2, 0) is 0 Å². The van der Waals surface area contributed by atoms with Crippen molar-refractivity contribution in [3.63, 3.8) is 0 Å². The van der Waals surface area contributed by atoms with E-state index in [0.717, 1.165) is 12.1 Å². The predicted molar refractivity (Wildman–Crippen MR) is 46.2 cm³/mol. The van der Waals surface area contributed by atoms with Crippen molar-refractivity contribution in [1.29, 1.82) is 0 Å². The average Bonchev–Trinajstić information content (AvgIpc) is 2.71. The normalized spacial score (nSPS) is 10.2.